The number of ketones is 1. The van der Waals surface area contributed by atoms with Gasteiger partial charge in [0.05, 0.1) is 16.3 Å². The van der Waals surface area contributed by atoms with Gasteiger partial charge < -0.3 is 5.11 Å². The number of halogens is 1. The zero-order chi connectivity index (χ0) is 13.0. The third-order valence-corrected chi connectivity index (χ3v) is 2.65. The van der Waals surface area contributed by atoms with Crippen molar-refractivity contribution in [2.24, 2.45) is 0 Å². The Morgan fingerprint density at radius 2 is 2.06 bits per heavy atom. The molecule has 1 aromatic carbocycles. The van der Waals surface area contributed by atoms with E-state index in [4.69, 9.17) is 11.6 Å². The second-order valence-corrected chi connectivity index (χ2v) is 4.00. The minimum absolute atomic E-state index is 0.159. The Kier molecular flexibility index (Phi) is 3.75. The van der Waals surface area contributed by atoms with E-state index in [2.05, 4.69) is 4.98 Å². The van der Waals surface area contributed by atoms with Crippen LogP contribution in [0.4, 0.5) is 0 Å². The van der Waals surface area contributed by atoms with Gasteiger partial charge in [-0.3, -0.25) is 9.78 Å². The first kappa shape index (κ1) is 12.3. The van der Waals surface area contributed by atoms with E-state index >= 15 is 0 Å². The standard InChI is InChI=1S/C14H10ClNO2/c15-12-6-3-5-11(14(12)18)13(17)8-7-10-4-1-2-9-16-10/h1-9,18H/b8-7+. The molecule has 0 bridgehead atoms. The van der Waals surface area contributed by atoms with Crippen LogP contribution in [-0.2, 0) is 0 Å². The monoisotopic (exact) mass is 259 g/mol. The first-order chi connectivity index (χ1) is 8.68. The highest BCUT2D eigenvalue weighted by molar-refractivity contribution is 6.32. The molecule has 0 fully saturated rings. The molecule has 90 valence electrons. The maximum absolute atomic E-state index is 11.9. The summed E-state index contributed by atoms with van der Waals surface area (Å²) >= 11 is 5.74. The van der Waals surface area contributed by atoms with Gasteiger partial charge in [-0.15, -0.1) is 0 Å². The second kappa shape index (κ2) is 5.47. The zero-order valence-corrected chi connectivity index (χ0v) is 10.1. The number of carbonyl (C=O) groups excluding carboxylic acids is 1. The number of phenols is 1. The summed E-state index contributed by atoms with van der Waals surface area (Å²) in [7, 11) is 0. The Hall–Kier alpha value is -2.13. The van der Waals surface area contributed by atoms with Gasteiger partial charge >= 0.3 is 0 Å². The molecular weight excluding hydrogens is 250 g/mol. The average molecular weight is 260 g/mol. The van der Waals surface area contributed by atoms with E-state index in [9.17, 15) is 9.90 Å². The molecule has 2 aromatic rings. The summed E-state index contributed by atoms with van der Waals surface area (Å²) in [5.74, 6) is -0.518. The highest BCUT2D eigenvalue weighted by Gasteiger charge is 2.10. The number of hydrogen-bond donors (Lipinski definition) is 1. The second-order valence-electron chi connectivity index (χ2n) is 3.59. The fourth-order valence-electron chi connectivity index (χ4n) is 1.44. The molecule has 0 atom stereocenters. The van der Waals surface area contributed by atoms with Crippen LogP contribution in [0.3, 0.4) is 0 Å². The number of aromatic hydroxyl groups is 1. The van der Waals surface area contributed by atoms with E-state index in [0.29, 0.717) is 5.69 Å². The Balaban J connectivity index is 2.23. The quantitative estimate of drug-likeness (QED) is 0.679. The lowest BCUT2D eigenvalue weighted by molar-refractivity contribution is 0.104. The Morgan fingerprint density at radius 1 is 1.22 bits per heavy atom. The van der Waals surface area contributed by atoms with Gasteiger partial charge in [-0.1, -0.05) is 23.7 Å². The van der Waals surface area contributed by atoms with Crippen molar-refractivity contribution in [2.45, 2.75) is 0 Å². The smallest absolute Gasteiger partial charge is 0.189 e. The first-order valence-corrected chi connectivity index (χ1v) is 5.67. The number of aromatic nitrogens is 1. The molecule has 1 aromatic heterocycles. The summed E-state index contributed by atoms with van der Waals surface area (Å²) in [6, 6.07) is 10.1. The van der Waals surface area contributed by atoms with Crippen LogP contribution in [0, 0.1) is 0 Å². The fourth-order valence-corrected chi connectivity index (χ4v) is 1.61. The number of benzene rings is 1. The Labute approximate surface area is 109 Å². The molecule has 0 aliphatic heterocycles. The van der Waals surface area contributed by atoms with Crippen molar-refractivity contribution in [1.82, 2.24) is 4.98 Å². The van der Waals surface area contributed by atoms with Gasteiger partial charge in [-0.05, 0) is 36.4 Å². The molecule has 1 heterocycles. The molecule has 0 aliphatic carbocycles. The SMILES string of the molecule is O=C(/C=C/c1ccccn1)c1cccc(Cl)c1O. The molecule has 18 heavy (non-hydrogen) atoms. The molecule has 0 spiro atoms. The number of hydrogen-bond acceptors (Lipinski definition) is 3. The number of allylic oxidation sites excluding steroid dienone is 1. The van der Waals surface area contributed by atoms with Crippen molar-refractivity contribution in [3.63, 3.8) is 0 Å². The van der Waals surface area contributed by atoms with Crippen molar-refractivity contribution in [1.29, 1.82) is 0 Å². The van der Waals surface area contributed by atoms with Gasteiger partial charge in [0, 0.05) is 6.20 Å². The highest BCUT2D eigenvalue weighted by atomic mass is 35.5. The molecule has 0 saturated carbocycles. The van der Waals surface area contributed by atoms with Crippen LogP contribution in [0.25, 0.3) is 6.08 Å². The van der Waals surface area contributed by atoms with Gasteiger partial charge in [-0.25, -0.2) is 0 Å². The zero-order valence-electron chi connectivity index (χ0n) is 9.38. The molecule has 4 heteroatoms. The summed E-state index contributed by atoms with van der Waals surface area (Å²) in [5.41, 5.74) is 0.849. The summed E-state index contributed by atoms with van der Waals surface area (Å²) in [6.45, 7) is 0. The van der Waals surface area contributed by atoms with E-state index in [-0.39, 0.29) is 22.1 Å². The molecule has 0 radical (unpaired) electrons. The maximum Gasteiger partial charge on any atom is 0.189 e. The van der Waals surface area contributed by atoms with E-state index < -0.39 is 0 Å². The van der Waals surface area contributed by atoms with Crippen LogP contribution < -0.4 is 0 Å². The Bertz CT molecular complexity index is 594. The lowest BCUT2D eigenvalue weighted by Gasteiger charge is -2.01. The highest BCUT2D eigenvalue weighted by Crippen LogP contribution is 2.27. The predicted molar refractivity (Wildman–Crippen MR) is 70.7 cm³/mol. The van der Waals surface area contributed by atoms with Gasteiger partial charge in [-0.2, -0.15) is 0 Å². The van der Waals surface area contributed by atoms with E-state index in [1.54, 1.807) is 30.5 Å². The van der Waals surface area contributed by atoms with Crippen LogP contribution >= 0.6 is 11.6 Å². The fraction of sp³-hybridized carbons (Fsp3) is 0. The van der Waals surface area contributed by atoms with Crippen molar-refractivity contribution in [3.05, 3.63) is 65.0 Å². The van der Waals surface area contributed by atoms with Gasteiger partial charge in [0.15, 0.2) is 5.78 Å². The first-order valence-electron chi connectivity index (χ1n) is 5.29. The summed E-state index contributed by atoms with van der Waals surface area (Å²) in [6.07, 6.45) is 4.58. The van der Waals surface area contributed by atoms with Gasteiger partial charge in [0.2, 0.25) is 0 Å². The van der Waals surface area contributed by atoms with Gasteiger partial charge in [0.25, 0.3) is 0 Å². The molecule has 1 N–H and O–H groups in total. The topological polar surface area (TPSA) is 50.2 Å². The number of rotatable bonds is 3. The van der Waals surface area contributed by atoms with Crippen LogP contribution in [0.1, 0.15) is 16.1 Å². The van der Waals surface area contributed by atoms with Crippen LogP contribution in [0.5, 0.6) is 5.75 Å². The molecule has 2 rings (SSSR count). The summed E-state index contributed by atoms with van der Waals surface area (Å²) < 4.78 is 0. The van der Waals surface area contributed by atoms with E-state index in [1.165, 1.54) is 18.2 Å². The predicted octanol–water partition coefficient (Wildman–Crippen LogP) is 3.34. The molecular formula is C14H10ClNO2. The number of nitrogens with zero attached hydrogens (tertiary/aromatic N) is 1. The third kappa shape index (κ3) is 2.76. The van der Waals surface area contributed by atoms with E-state index in [0.717, 1.165) is 0 Å². The van der Waals surface area contributed by atoms with Crippen molar-refractivity contribution in [2.75, 3.05) is 0 Å². The van der Waals surface area contributed by atoms with Crippen LogP contribution in [0.15, 0.2) is 48.7 Å². The minimum atomic E-state index is -0.319. The van der Waals surface area contributed by atoms with E-state index in [1.807, 2.05) is 6.07 Å². The molecule has 3 nitrogen and oxygen atoms in total. The largest absolute Gasteiger partial charge is 0.506 e. The number of phenolic OH excluding ortho intramolecular Hbond substituents is 1. The summed E-state index contributed by atoms with van der Waals surface area (Å²) in [5, 5.41) is 9.82. The van der Waals surface area contributed by atoms with Crippen LogP contribution in [-0.4, -0.2) is 15.9 Å². The number of para-hydroxylation sites is 1. The Morgan fingerprint density at radius 3 is 2.78 bits per heavy atom. The lowest BCUT2D eigenvalue weighted by atomic mass is 10.1. The summed E-state index contributed by atoms with van der Waals surface area (Å²) in [4.78, 5) is 15.9. The minimum Gasteiger partial charge on any atom is -0.506 e. The normalized spacial score (nSPS) is 10.7. The number of carbonyl (C=O) groups is 1. The van der Waals surface area contributed by atoms with Crippen molar-refractivity contribution in [3.8, 4) is 5.75 Å². The molecule has 0 unspecified atom stereocenters. The molecule has 0 saturated heterocycles. The maximum atomic E-state index is 11.9. The molecule has 0 amide bonds. The number of pyridine rings is 1. The van der Waals surface area contributed by atoms with Gasteiger partial charge in [0.1, 0.15) is 5.75 Å². The molecule has 0 aliphatic rings. The average Bonchev–Trinajstić information content (AvgIpc) is 2.40. The van der Waals surface area contributed by atoms with Crippen molar-refractivity contribution >= 4 is 23.5 Å². The lowest BCUT2D eigenvalue weighted by Crippen LogP contribution is -1.95. The van der Waals surface area contributed by atoms with Crippen LogP contribution in [0.2, 0.25) is 5.02 Å². The van der Waals surface area contributed by atoms with Crippen molar-refractivity contribution < 1.29 is 9.90 Å². The third-order valence-electron chi connectivity index (χ3n) is 2.35.